The van der Waals surface area contributed by atoms with Crippen molar-refractivity contribution < 1.29 is 19.4 Å². The number of aryl methyl sites for hydroxylation is 2. The maximum absolute atomic E-state index is 13.0. The van der Waals surface area contributed by atoms with Crippen LogP contribution in [0.5, 0.6) is 5.75 Å². The molecule has 1 atom stereocenters. The smallest absolute Gasteiger partial charge is 0.316 e. The average molecular weight is 388 g/mol. The monoisotopic (exact) mass is 387 g/mol. The Kier molecular flexibility index (Phi) is 6.91. The van der Waals surface area contributed by atoms with Crippen LogP contribution in [-0.2, 0) is 11.3 Å². The van der Waals surface area contributed by atoms with E-state index in [4.69, 9.17) is 9.84 Å². The molecule has 144 valence electrons. The molecule has 1 N–H and O–H groups in total. The van der Waals surface area contributed by atoms with Gasteiger partial charge in [0.1, 0.15) is 11.0 Å². The van der Waals surface area contributed by atoms with Crippen LogP contribution in [0.3, 0.4) is 0 Å². The van der Waals surface area contributed by atoms with Gasteiger partial charge in [-0.05, 0) is 49.6 Å². The van der Waals surface area contributed by atoms with E-state index in [1.807, 2.05) is 32.0 Å². The minimum Gasteiger partial charge on any atom is -0.496 e. The molecule has 2 aromatic rings. The van der Waals surface area contributed by atoms with E-state index in [0.29, 0.717) is 17.0 Å². The quantitative estimate of drug-likeness (QED) is 0.723. The van der Waals surface area contributed by atoms with Crippen LogP contribution in [0.4, 0.5) is 0 Å². The lowest BCUT2D eigenvalue weighted by Crippen LogP contribution is -2.27. The van der Waals surface area contributed by atoms with Gasteiger partial charge in [-0.25, -0.2) is 0 Å². The lowest BCUT2D eigenvalue weighted by Gasteiger charge is -2.21. The van der Waals surface area contributed by atoms with Gasteiger partial charge in [-0.3, -0.25) is 9.59 Å². The highest BCUT2D eigenvalue weighted by molar-refractivity contribution is 8.00. The van der Waals surface area contributed by atoms with Gasteiger partial charge in [-0.15, -0.1) is 11.8 Å². The van der Waals surface area contributed by atoms with Crippen LogP contribution in [0, 0.1) is 13.8 Å². The maximum atomic E-state index is 13.0. The van der Waals surface area contributed by atoms with E-state index < -0.39 is 11.2 Å². The van der Waals surface area contributed by atoms with E-state index in [1.165, 1.54) is 11.8 Å². The molecule has 0 spiro atoms. The normalized spacial score (nSPS) is 11.7. The number of carboxylic acid groups (broad SMARTS) is 1. The zero-order valence-corrected chi connectivity index (χ0v) is 17.1. The SMILES string of the molecule is COc1c(C)cc(CN(C)C(=O)c2ccccc2SC(C)C(=O)O)cc1C. The first-order valence-corrected chi connectivity index (χ1v) is 9.50. The Labute approximate surface area is 164 Å². The topological polar surface area (TPSA) is 66.8 Å². The molecule has 1 unspecified atom stereocenters. The molecule has 0 aliphatic rings. The minimum absolute atomic E-state index is 0.137. The van der Waals surface area contributed by atoms with E-state index in [2.05, 4.69) is 0 Å². The fraction of sp³-hybridized carbons (Fsp3) is 0.333. The van der Waals surface area contributed by atoms with Crippen molar-refractivity contribution in [2.45, 2.75) is 37.5 Å². The second-order valence-electron chi connectivity index (χ2n) is 6.52. The summed E-state index contributed by atoms with van der Waals surface area (Å²) in [5.41, 5.74) is 3.59. The zero-order chi connectivity index (χ0) is 20.1. The molecule has 0 bridgehead atoms. The molecule has 0 fully saturated rings. The molecule has 2 aromatic carbocycles. The Bertz CT molecular complexity index is 827. The molecular formula is C21H25NO4S. The third-order valence-electron chi connectivity index (χ3n) is 4.26. The molecule has 0 saturated carbocycles. The molecule has 27 heavy (non-hydrogen) atoms. The number of rotatable bonds is 7. The first-order valence-electron chi connectivity index (χ1n) is 8.62. The van der Waals surface area contributed by atoms with Crippen LogP contribution >= 0.6 is 11.8 Å². The number of carbonyl (C=O) groups excluding carboxylic acids is 1. The van der Waals surface area contributed by atoms with Crippen LogP contribution < -0.4 is 4.74 Å². The minimum atomic E-state index is -0.903. The van der Waals surface area contributed by atoms with Crippen molar-refractivity contribution in [3.05, 3.63) is 58.7 Å². The number of aliphatic carboxylic acids is 1. The lowest BCUT2D eigenvalue weighted by atomic mass is 10.0. The van der Waals surface area contributed by atoms with Crippen LogP contribution in [0.15, 0.2) is 41.3 Å². The number of hydrogen-bond acceptors (Lipinski definition) is 4. The molecule has 5 nitrogen and oxygen atoms in total. The third-order valence-corrected chi connectivity index (χ3v) is 5.42. The Morgan fingerprint density at radius 3 is 2.33 bits per heavy atom. The summed E-state index contributed by atoms with van der Waals surface area (Å²) in [5, 5.41) is 8.52. The standard InChI is InChI=1S/C21H25NO4S/c1-13-10-16(11-14(2)19(13)26-5)12-22(4)20(23)17-8-6-7-9-18(17)27-15(3)21(24)25/h6-11,15H,12H2,1-5H3,(H,24,25). The second kappa shape index (κ2) is 8.95. The van der Waals surface area contributed by atoms with Crippen LogP contribution in [-0.4, -0.2) is 41.3 Å². The van der Waals surface area contributed by atoms with Gasteiger partial charge in [0.05, 0.1) is 12.7 Å². The third kappa shape index (κ3) is 5.04. The van der Waals surface area contributed by atoms with Gasteiger partial charge in [-0.2, -0.15) is 0 Å². The summed E-state index contributed by atoms with van der Waals surface area (Å²) in [6.45, 7) is 6.03. The molecular weight excluding hydrogens is 362 g/mol. The molecule has 2 rings (SSSR count). The molecule has 6 heteroatoms. The van der Waals surface area contributed by atoms with E-state index in [9.17, 15) is 9.59 Å². The maximum Gasteiger partial charge on any atom is 0.316 e. The molecule has 0 saturated heterocycles. The highest BCUT2D eigenvalue weighted by atomic mass is 32.2. The predicted octanol–water partition coefficient (Wildman–Crippen LogP) is 4.15. The number of hydrogen-bond donors (Lipinski definition) is 1. The number of thioether (sulfide) groups is 1. The van der Waals surface area contributed by atoms with E-state index in [0.717, 1.165) is 22.4 Å². The number of amides is 1. The van der Waals surface area contributed by atoms with Gasteiger partial charge in [0.25, 0.3) is 5.91 Å². The fourth-order valence-electron chi connectivity index (χ4n) is 2.99. The van der Waals surface area contributed by atoms with Crippen LogP contribution in [0.1, 0.15) is 34.0 Å². The molecule has 0 radical (unpaired) electrons. The van der Waals surface area contributed by atoms with Crippen molar-refractivity contribution in [3.8, 4) is 5.75 Å². The van der Waals surface area contributed by atoms with E-state index in [-0.39, 0.29) is 5.91 Å². The van der Waals surface area contributed by atoms with Crippen molar-refractivity contribution in [2.24, 2.45) is 0 Å². The number of benzene rings is 2. The summed E-state index contributed by atoms with van der Waals surface area (Å²) in [6, 6.07) is 11.2. The number of carbonyl (C=O) groups is 2. The van der Waals surface area contributed by atoms with Gasteiger partial charge >= 0.3 is 5.97 Å². The van der Waals surface area contributed by atoms with Crippen molar-refractivity contribution in [1.82, 2.24) is 4.90 Å². The summed E-state index contributed by atoms with van der Waals surface area (Å²) in [4.78, 5) is 26.4. The van der Waals surface area contributed by atoms with Crippen molar-refractivity contribution in [1.29, 1.82) is 0 Å². The Morgan fingerprint density at radius 1 is 1.19 bits per heavy atom. The first kappa shape index (κ1) is 20.8. The van der Waals surface area contributed by atoms with Gasteiger partial charge in [0, 0.05) is 18.5 Å². The molecule has 0 aromatic heterocycles. The highest BCUT2D eigenvalue weighted by Crippen LogP contribution is 2.29. The molecule has 1 amide bonds. The van der Waals surface area contributed by atoms with Crippen LogP contribution in [0.25, 0.3) is 0 Å². The fourth-order valence-corrected chi connectivity index (χ4v) is 3.91. The Hall–Kier alpha value is -2.47. The highest BCUT2D eigenvalue weighted by Gasteiger charge is 2.20. The van der Waals surface area contributed by atoms with Gasteiger partial charge < -0.3 is 14.7 Å². The van der Waals surface area contributed by atoms with Crippen LogP contribution in [0.2, 0.25) is 0 Å². The molecule has 0 aliphatic carbocycles. The van der Waals surface area contributed by atoms with Crippen molar-refractivity contribution >= 4 is 23.6 Å². The van der Waals surface area contributed by atoms with Crippen molar-refractivity contribution in [2.75, 3.05) is 14.2 Å². The first-order chi connectivity index (χ1) is 12.7. The predicted molar refractivity (Wildman–Crippen MR) is 108 cm³/mol. The molecule has 0 heterocycles. The summed E-state index contributed by atoms with van der Waals surface area (Å²) < 4.78 is 5.39. The number of nitrogens with zero attached hydrogens (tertiary/aromatic N) is 1. The lowest BCUT2D eigenvalue weighted by molar-refractivity contribution is -0.136. The number of carboxylic acids is 1. The van der Waals surface area contributed by atoms with E-state index >= 15 is 0 Å². The Balaban J connectivity index is 2.22. The summed E-state index contributed by atoms with van der Waals surface area (Å²) in [5.74, 6) is -0.182. The van der Waals surface area contributed by atoms with Gasteiger partial charge in [0.15, 0.2) is 0 Å². The largest absolute Gasteiger partial charge is 0.496 e. The Morgan fingerprint density at radius 2 is 1.78 bits per heavy atom. The summed E-state index contributed by atoms with van der Waals surface area (Å²) in [7, 11) is 3.40. The average Bonchev–Trinajstić information content (AvgIpc) is 2.61. The second-order valence-corrected chi connectivity index (χ2v) is 7.90. The number of ether oxygens (including phenoxy) is 1. The summed E-state index contributed by atoms with van der Waals surface area (Å²) >= 11 is 1.18. The van der Waals surface area contributed by atoms with E-state index in [1.54, 1.807) is 44.2 Å². The molecule has 0 aliphatic heterocycles. The summed E-state index contributed by atoms with van der Waals surface area (Å²) in [6.07, 6.45) is 0. The van der Waals surface area contributed by atoms with Crippen molar-refractivity contribution in [3.63, 3.8) is 0 Å². The zero-order valence-electron chi connectivity index (χ0n) is 16.3. The van der Waals surface area contributed by atoms with Gasteiger partial charge in [0.2, 0.25) is 0 Å². The number of methoxy groups -OCH3 is 1. The van der Waals surface area contributed by atoms with Gasteiger partial charge in [-0.1, -0.05) is 24.3 Å².